The van der Waals surface area contributed by atoms with Gasteiger partial charge in [0, 0.05) is 12.6 Å². The summed E-state index contributed by atoms with van der Waals surface area (Å²) in [6.07, 6.45) is 4.05. The molecule has 1 atom stereocenters. The fraction of sp³-hybridized carbons (Fsp3) is 1.00. The van der Waals surface area contributed by atoms with Gasteiger partial charge in [-0.1, -0.05) is 33.1 Å². The molecule has 0 amide bonds. The summed E-state index contributed by atoms with van der Waals surface area (Å²) >= 11 is 4.43. The lowest BCUT2D eigenvalue weighted by Gasteiger charge is -2.33. The SMILES string of the molecule is CC(C)C1CCCCN1S. The predicted molar refractivity (Wildman–Crippen MR) is 48.2 cm³/mol. The molecule has 0 spiro atoms. The summed E-state index contributed by atoms with van der Waals surface area (Å²) in [4.78, 5) is 0. The van der Waals surface area contributed by atoms with Crippen molar-refractivity contribution in [2.75, 3.05) is 6.54 Å². The Morgan fingerprint density at radius 2 is 2.10 bits per heavy atom. The fourth-order valence-electron chi connectivity index (χ4n) is 1.62. The maximum absolute atomic E-state index is 4.43. The molecule has 10 heavy (non-hydrogen) atoms. The van der Waals surface area contributed by atoms with Crippen molar-refractivity contribution in [3.63, 3.8) is 0 Å². The Hall–Kier alpha value is 0.310. The molecular formula is C8H17NS. The molecule has 1 nitrogen and oxygen atoms in total. The average molecular weight is 159 g/mol. The van der Waals surface area contributed by atoms with Crippen LogP contribution >= 0.6 is 12.8 Å². The lowest BCUT2D eigenvalue weighted by atomic mass is 9.95. The second kappa shape index (κ2) is 3.63. The van der Waals surface area contributed by atoms with Crippen LogP contribution in [0.25, 0.3) is 0 Å². The van der Waals surface area contributed by atoms with E-state index in [9.17, 15) is 0 Å². The molecule has 1 aliphatic rings. The summed E-state index contributed by atoms with van der Waals surface area (Å²) in [5.74, 6) is 0.762. The van der Waals surface area contributed by atoms with Crippen LogP contribution in [0.3, 0.4) is 0 Å². The lowest BCUT2D eigenvalue weighted by Crippen LogP contribution is -2.36. The third-order valence-electron chi connectivity index (χ3n) is 2.29. The van der Waals surface area contributed by atoms with E-state index >= 15 is 0 Å². The Labute approximate surface area is 69.3 Å². The fourth-order valence-corrected chi connectivity index (χ4v) is 2.14. The van der Waals surface area contributed by atoms with Gasteiger partial charge in [-0.2, -0.15) is 0 Å². The Morgan fingerprint density at radius 3 is 2.50 bits per heavy atom. The molecule has 0 aromatic carbocycles. The van der Waals surface area contributed by atoms with E-state index in [-0.39, 0.29) is 0 Å². The summed E-state index contributed by atoms with van der Waals surface area (Å²) in [6.45, 7) is 5.73. The first kappa shape index (κ1) is 8.41. The molecule has 1 unspecified atom stereocenters. The normalized spacial score (nSPS) is 29.4. The van der Waals surface area contributed by atoms with Crippen molar-refractivity contribution in [2.24, 2.45) is 5.92 Å². The molecule has 0 aliphatic carbocycles. The van der Waals surface area contributed by atoms with Gasteiger partial charge in [-0.15, -0.1) is 0 Å². The second-order valence-electron chi connectivity index (χ2n) is 3.47. The van der Waals surface area contributed by atoms with Crippen molar-refractivity contribution in [1.29, 1.82) is 0 Å². The van der Waals surface area contributed by atoms with Crippen LogP contribution in [0.15, 0.2) is 0 Å². The summed E-state index contributed by atoms with van der Waals surface area (Å²) in [5.41, 5.74) is 0. The molecule has 1 aliphatic heterocycles. The number of hydrogen-bond acceptors (Lipinski definition) is 2. The van der Waals surface area contributed by atoms with Crippen LogP contribution in [-0.4, -0.2) is 16.9 Å². The summed E-state index contributed by atoms with van der Waals surface area (Å²) < 4.78 is 2.20. The van der Waals surface area contributed by atoms with Crippen LogP contribution in [0.4, 0.5) is 0 Å². The van der Waals surface area contributed by atoms with Gasteiger partial charge in [0.15, 0.2) is 0 Å². The monoisotopic (exact) mass is 159 g/mol. The first-order valence-corrected chi connectivity index (χ1v) is 4.57. The van der Waals surface area contributed by atoms with Crippen molar-refractivity contribution in [3.05, 3.63) is 0 Å². The van der Waals surface area contributed by atoms with E-state index in [4.69, 9.17) is 0 Å². The maximum atomic E-state index is 4.43. The summed E-state index contributed by atoms with van der Waals surface area (Å²) in [6, 6.07) is 0.720. The van der Waals surface area contributed by atoms with Crippen molar-refractivity contribution >= 4 is 12.8 Å². The summed E-state index contributed by atoms with van der Waals surface area (Å²) in [7, 11) is 0. The minimum atomic E-state index is 0.720. The Kier molecular flexibility index (Phi) is 3.05. The van der Waals surface area contributed by atoms with E-state index in [1.807, 2.05) is 0 Å². The number of piperidine rings is 1. The number of rotatable bonds is 1. The zero-order valence-corrected chi connectivity index (χ0v) is 7.77. The molecule has 0 saturated carbocycles. The van der Waals surface area contributed by atoms with Crippen LogP contribution in [0.2, 0.25) is 0 Å². The highest BCUT2D eigenvalue weighted by atomic mass is 32.1. The molecular weight excluding hydrogens is 142 g/mol. The van der Waals surface area contributed by atoms with Gasteiger partial charge in [0.05, 0.1) is 0 Å². The van der Waals surface area contributed by atoms with E-state index in [2.05, 4.69) is 31.0 Å². The van der Waals surface area contributed by atoms with Crippen molar-refractivity contribution in [3.8, 4) is 0 Å². The Bertz CT molecular complexity index is 103. The van der Waals surface area contributed by atoms with Gasteiger partial charge in [0.25, 0.3) is 0 Å². The van der Waals surface area contributed by atoms with Gasteiger partial charge in [-0.25, -0.2) is 4.31 Å². The van der Waals surface area contributed by atoms with E-state index < -0.39 is 0 Å². The average Bonchev–Trinajstić information content (AvgIpc) is 1.88. The Balaban J connectivity index is 2.40. The molecule has 60 valence electrons. The first-order valence-electron chi connectivity index (χ1n) is 4.17. The van der Waals surface area contributed by atoms with E-state index in [1.54, 1.807) is 0 Å². The van der Waals surface area contributed by atoms with Gasteiger partial charge in [0.1, 0.15) is 0 Å². The molecule has 0 bridgehead atoms. The predicted octanol–water partition coefficient (Wildman–Crippen LogP) is 2.34. The molecule has 0 radical (unpaired) electrons. The van der Waals surface area contributed by atoms with Crippen molar-refractivity contribution in [1.82, 2.24) is 4.31 Å². The standard InChI is InChI=1S/C8H17NS/c1-7(2)8-5-3-4-6-9(8)10/h7-8,10H,3-6H2,1-2H3. The third kappa shape index (κ3) is 1.89. The van der Waals surface area contributed by atoms with Crippen molar-refractivity contribution in [2.45, 2.75) is 39.2 Å². The van der Waals surface area contributed by atoms with Gasteiger partial charge in [-0.05, 0) is 18.8 Å². The quantitative estimate of drug-likeness (QED) is 0.575. The van der Waals surface area contributed by atoms with Crippen molar-refractivity contribution < 1.29 is 0 Å². The van der Waals surface area contributed by atoms with Crippen LogP contribution in [-0.2, 0) is 0 Å². The molecule has 1 rings (SSSR count). The first-order chi connectivity index (χ1) is 4.72. The highest BCUT2D eigenvalue weighted by molar-refractivity contribution is 7.77. The zero-order valence-electron chi connectivity index (χ0n) is 6.88. The highest BCUT2D eigenvalue weighted by Gasteiger charge is 2.21. The second-order valence-corrected chi connectivity index (χ2v) is 3.98. The van der Waals surface area contributed by atoms with E-state index in [0.29, 0.717) is 0 Å². The van der Waals surface area contributed by atoms with Gasteiger partial charge in [-0.3, -0.25) is 0 Å². The summed E-state index contributed by atoms with van der Waals surface area (Å²) in [5, 5.41) is 0. The molecule has 2 heteroatoms. The third-order valence-corrected chi connectivity index (χ3v) is 2.79. The van der Waals surface area contributed by atoms with E-state index in [1.165, 1.54) is 25.8 Å². The number of hydrogen-bond donors (Lipinski definition) is 1. The molecule has 0 aromatic heterocycles. The van der Waals surface area contributed by atoms with Gasteiger partial charge >= 0.3 is 0 Å². The molecule has 0 N–H and O–H groups in total. The molecule has 1 saturated heterocycles. The molecule has 1 heterocycles. The lowest BCUT2D eigenvalue weighted by molar-refractivity contribution is 0.222. The maximum Gasteiger partial charge on any atom is 0.0223 e. The number of nitrogens with zero attached hydrogens (tertiary/aromatic N) is 1. The smallest absolute Gasteiger partial charge is 0.0223 e. The molecule has 0 aromatic rings. The van der Waals surface area contributed by atoms with Gasteiger partial charge < -0.3 is 0 Å². The van der Waals surface area contributed by atoms with Crippen LogP contribution < -0.4 is 0 Å². The van der Waals surface area contributed by atoms with E-state index in [0.717, 1.165) is 12.0 Å². The largest absolute Gasteiger partial charge is 0.250 e. The van der Waals surface area contributed by atoms with Gasteiger partial charge in [0.2, 0.25) is 0 Å². The molecule has 1 fully saturated rings. The number of thiol groups is 1. The van der Waals surface area contributed by atoms with Crippen LogP contribution in [0.1, 0.15) is 33.1 Å². The van der Waals surface area contributed by atoms with Crippen LogP contribution in [0, 0.1) is 5.92 Å². The highest BCUT2D eigenvalue weighted by Crippen LogP contribution is 2.23. The zero-order chi connectivity index (χ0) is 7.56. The minimum absolute atomic E-state index is 0.720. The minimum Gasteiger partial charge on any atom is -0.250 e. The van der Waals surface area contributed by atoms with Crippen LogP contribution in [0.5, 0.6) is 0 Å². The topological polar surface area (TPSA) is 3.24 Å². The Morgan fingerprint density at radius 1 is 1.40 bits per heavy atom.